The molecule has 0 bridgehead atoms. The molecule has 1 aromatic carbocycles. The van der Waals surface area contributed by atoms with E-state index >= 15 is 0 Å². The van der Waals surface area contributed by atoms with Crippen molar-refractivity contribution in [2.45, 2.75) is 51.7 Å². The minimum absolute atomic E-state index is 0.161. The molecule has 0 fully saturated rings. The van der Waals surface area contributed by atoms with Crippen molar-refractivity contribution in [1.82, 2.24) is 25.4 Å². The highest BCUT2D eigenvalue weighted by molar-refractivity contribution is 7.98. The third kappa shape index (κ3) is 7.68. The molecular formula is C21H33FN6S. The number of aliphatic imine (C=N–C) groups is 1. The SMILES string of the molecule is CCNC(=NCCCc1nnc(SC)n1CC(C)C)NCCc1ccccc1F. The lowest BCUT2D eigenvalue weighted by molar-refractivity contribution is 0.477. The average Bonchev–Trinajstić information content (AvgIpc) is 3.07. The van der Waals surface area contributed by atoms with Crippen molar-refractivity contribution in [3.8, 4) is 0 Å². The van der Waals surface area contributed by atoms with Gasteiger partial charge in [-0.15, -0.1) is 10.2 Å². The van der Waals surface area contributed by atoms with E-state index in [0.717, 1.165) is 42.9 Å². The molecule has 0 saturated heterocycles. The molecule has 6 nitrogen and oxygen atoms in total. The fourth-order valence-corrected chi connectivity index (χ4v) is 3.51. The summed E-state index contributed by atoms with van der Waals surface area (Å²) in [6.07, 6.45) is 4.39. The summed E-state index contributed by atoms with van der Waals surface area (Å²) >= 11 is 1.63. The number of rotatable bonds is 11. The Morgan fingerprint density at radius 3 is 2.69 bits per heavy atom. The molecule has 160 valence electrons. The van der Waals surface area contributed by atoms with E-state index in [1.54, 1.807) is 17.8 Å². The van der Waals surface area contributed by atoms with Crippen molar-refractivity contribution < 1.29 is 4.39 Å². The Morgan fingerprint density at radius 1 is 1.21 bits per heavy atom. The molecule has 0 atom stereocenters. The van der Waals surface area contributed by atoms with Crippen molar-refractivity contribution >= 4 is 17.7 Å². The first-order valence-electron chi connectivity index (χ1n) is 10.3. The third-order valence-corrected chi connectivity index (χ3v) is 5.01. The zero-order valence-corrected chi connectivity index (χ0v) is 18.7. The first kappa shape index (κ1) is 23.2. The van der Waals surface area contributed by atoms with Gasteiger partial charge in [0.05, 0.1) is 0 Å². The van der Waals surface area contributed by atoms with Gasteiger partial charge in [-0.2, -0.15) is 0 Å². The molecule has 8 heteroatoms. The maximum Gasteiger partial charge on any atom is 0.191 e. The molecule has 2 N–H and O–H groups in total. The Balaban J connectivity index is 1.84. The van der Waals surface area contributed by atoms with Crippen LogP contribution in [0.4, 0.5) is 4.39 Å². The van der Waals surface area contributed by atoms with Gasteiger partial charge in [-0.25, -0.2) is 4.39 Å². The summed E-state index contributed by atoms with van der Waals surface area (Å²) in [5, 5.41) is 16.1. The molecule has 1 aromatic heterocycles. The van der Waals surface area contributed by atoms with Crippen LogP contribution in [0.5, 0.6) is 0 Å². The van der Waals surface area contributed by atoms with Crippen molar-refractivity contribution in [1.29, 1.82) is 0 Å². The van der Waals surface area contributed by atoms with Gasteiger partial charge >= 0.3 is 0 Å². The van der Waals surface area contributed by atoms with Crippen LogP contribution in [0.1, 0.15) is 38.6 Å². The van der Waals surface area contributed by atoms with Gasteiger partial charge in [-0.1, -0.05) is 43.8 Å². The Hall–Kier alpha value is -2.09. The average molecular weight is 421 g/mol. The second-order valence-corrected chi connectivity index (χ2v) is 8.01. The number of halogens is 1. The third-order valence-electron chi connectivity index (χ3n) is 4.34. The number of aryl methyl sites for hydroxylation is 1. The normalized spacial score (nSPS) is 11.9. The van der Waals surface area contributed by atoms with Crippen LogP contribution in [0.15, 0.2) is 34.4 Å². The highest BCUT2D eigenvalue weighted by atomic mass is 32.2. The summed E-state index contributed by atoms with van der Waals surface area (Å²) < 4.78 is 15.9. The molecule has 0 unspecified atom stereocenters. The molecular weight excluding hydrogens is 387 g/mol. The summed E-state index contributed by atoms with van der Waals surface area (Å²) in [5.41, 5.74) is 0.713. The molecule has 0 saturated carbocycles. The highest BCUT2D eigenvalue weighted by Crippen LogP contribution is 2.16. The number of hydrogen-bond acceptors (Lipinski definition) is 4. The lowest BCUT2D eigenvalue weighted by Crippen LogP contribution is -2.38. The van der Waals surface area contributed by atoms with E-state index in [9.17, 15) is 4.39 Å². The predicted molar refractivity (Wildman–Crippen MR) is 119 cm³/mol. The molecule has 2 aromatic rings. The highest BCUT2D eigenvalue weighted by Gasteiger charge is 2.12. The second kappa shape index (κ2) is 12.5. The van der Waals surface area contributed by atoms with Crippen LogP contribution in [-0.2, 0) is 19.4 Å². The Labute approximate surface area is 177 Å². The smallest absolute Gasteiger partial charge is 0.191 e. The van der Waals surface area contributed by atoms with Crippen LogP contribution in [0.2, 0.25) is 0 Å². The van der Waals surface area contributed by atoms with Crippen LogP contribution in [0.3, 0.4) is 0 Å². The molecule has 2 rings (SSSR count). The lowest BCUT2D eigenvalue weighted by atomic mass is 10.1. The van der Waals surface area contributed by atoms with Gasteiger partial charge in [-0.05, 0) is 43.6 Å². The lowest BCUT2D eigenvalue weighted by Gasteiger charge is -2.12. The van der Waals surface area contributed by atoms with Crippen molar-refractivity contribution in [3.63, 3.8) is 0 Å². The Bertz CT molecular complexity index is 774. The van der Waals surface area contributed by atoms with Gasteiger partial charge in [-0.3, -0.25) is 4.99 Å². The van der Waals surface area contributed by atoms with E-state index in [1.165, 1.54) is 6.07 Å². The number of guanidine groups is 1. The number of nitrogens with one attached hydrogen (secondary N) is 2. The van der Waals surface area contributed by atoms with Crippen molar-refractivity contribution in [2.24, 2.45) is 10.9 Å². The second-order valence-electron chi connectivity index (χ2n) is 7.24. The summed E-state index contributed by atoms with van der Waals surface area (Å²) in [4.78, 5) is 4.64. The van der Waals surface area contributed by atoms with Gasteiger partial charge in [0.1, 0.15) is 11.6 Å². The summed E-state index contributed by atoms with van der Waals surface area (Å²) in [6.45, 7) is 9.48. The number of nitrogens with zero attached hydrogens (tertiary/aromatic N) is 4. The number of aromatic nitrogens is 3. The first-order valence-corrected chi connectivity index (χ1v) is 11.5. The fraction of sp³-hybridized carbons (Fsp3) is 0.571. The van der Waals surface area contributed by atoms with Gasteiger partial charge in [0.15, 0.2) is 11.1 Å². The van der Waals surface area contributed by atoms with Crippen LogP contribution >= 0.6 is 11.8 Å². The van der Waals surface area contributed by atoms with E-state index in [0.29, 0.717) is 31.0 Å². The molecule has 0 aliphatic rings. The van der Waals surface area contributed by atoms with Gasteiger partial charge < -0.3 is 15.2 Å². The standard InChI is InChI=1S/C21H33FN6S/c1-5-23-20(25-14-12-17-9-6-7-10-18(17)22)24-13-8-11-19-26-27-21(29-4)28(19)15-16(2)3/h6-7,9-10,16H,5,8,11-15H2,1-4H3,(H2,23,24,25). The fourth-order valence-electron chi connectivity index (χ4n) is 2.99. The molecule has 0 radical (unpaired) electrons. The quantitative estimate of drug-likeness (QED) is 0.252. The number of thioether (sulfide) groups is 1. The minimum atomic E-state index is -0.161. The Kier molecular flexibility index (Phi) is 9.97. The van der Waals surface area contributed by atoms with Gasteiger partial charge in [0.2, 0.25) is 0 Å². The summed E-state index contributed by atoms with van der Waals surface area (Å²) in [7, 11) is 0. The number of hydrogen-bond donors (Lipinski definition) is 2. The maximum absolute atomic E-state index is 13.7. The van der Waals surface area contributed by atoms with Gasteiger partial charge in [0, 0.05) is 32.6 Å². The van der Waals surface area contributed by atoms with E-state index in [4.69, 9.17) is 0 Å². The van der Waals surface area contributed by atoms with Crippen molar-refractivity contribution in [3.05, 3.63) is 41.5 Å². The molecule has 0 aliphatic carbocycles. The predicted octanol–water partition coefficient (Wildman–Crippen LogP) is 3.53. The molecule has 0 spiro atoms. The van der Waals surface area contributed by atoms with Crippen LogP contribution in [-0.4, -0.2) is 46.6 Å². The topological polar surface area (TPSA) is 67.1 Å². The minimum Gasteiger partial charge on any atom is -0.357 e. The largest absolute Gasteiger partial charge is 0.357 e. The molecule has 0 amide bonds. The maximum atomic E-state index is 13.7. The monoisotopic (exact) mass is 420 g/mol. The van der Waals surface area contributed by atoms with E-state index in [1.807, 2.05) is 25.3 Å². The number of benzene rings is 1. The van der Waals surface area contributed by atoms with Crippen LogP contribution in [0.25, 0.3) is 0 Å². The zero-order valence-electron chi connectivity index (χ0n) is 17.9. The molecule has 29 heavy (non-hydrogen) atoms. The van der Waals surface area contributed by atoms with Gasteiger partial charge in [0.25, 0.3) is 0 Å². The van der Waals surface area contributed by atoms with Crippen LogP contribution < -0.4 is 10.6 Å². The van der Waals surface area contributed by atoms with Crippen molar-refractivity contribution in [2.75, 3.05) is 25.9 Å². The van der Waals surface area contributed by atoms with E-state index in [2.05, 4.69) is 44.2 Å². The van der Waals surface area contributed by atoms with E-state index < -0.39 is 0 Å². The summed E-state index contributed by atoms with van der Waals surface area (Å²) in [5.74, 6) is 2.17. The van der Waals surface area contributed by atoms with Crippen LogP contribution in [0, 0.1) is 11.7 Å². The zero-order chi connectivity index (χ0) is 21.1. The molecule has 0 aliphatic heterocycles. The van der Waals surface area contributed by atoms with E-state index in [-0.39, 0.29) is 5.82 Å². The molecule has 1 heterocycles. The summed E-state index contributed by atoms with van der Waals surface area (Å²) in [6, 6.07) is 6.88. The first-order chi connectivity index (χ1) is 14.0. The Morgan fingerprint density at radius 2 is 2.00 bits per heavy atom.